The minimum Gasteiger partial charge on any atom is -0.462 e. The molecule has 50 heavy (non-hydrogen) atoms. The van der Waals surface area contributed by atoms with Crippen LogP contribution >= 0.6 is 19.1 Å². The van der Waals surface area contributed by atoms with E-state index in [1.54, 1.807) is 11.8 Å². The molecule has 252 valence electrons. The van der Waals surface area contributed by atoms with E-state index in [0.29, 0.717) is 4.86 Å². The van der Waals surface area contributed by atoms with Crippen molar-refractivity contribution in [2.24, 2.45) is 5.92 Å². The van der Waals surface area contributed by atoms with Crippen molar-refractivity contribution in [2.75, 3.05) is 0 Å². The molecule has 8 heteroatoms. The van der Waals surface area contributed by atoms with Gasteiger partial charge in [0, 0.05) is 25.1 Å². The molecule has 0 aromatic heterocycles. The van der Waals surface area contributed by atoms with E-state index in [0.717, 1.165) is 27.0 Å². The van der Waals surface area contributed by atoms with Crippen LogP contribution in [0.15, 0.2) is 152 Å². The van der Waals surface area contributed by atoms with E-state index in [-0.39, 0.29) is 24.4 Å². The van der Waals surface area contributed by atoms with Gasteiger partial charge in [-0.2, -0.15) is 0 Å². The van der Waals surface area contributed by atoms with Crippen LogP contribution in [0.25, 0.3) is 0 Å². The molecule has 3 unspecified atom stereocenters. The lowest BCUT2D eigenvalue weighted by molar-refractivity contribution is -0.166. The maximum Gasteiger partial charge on any atom is 0.356 e. The van der Waals surface area contributed by atoms with Crippen LogP contribution in [0.5, 0.6) is 0 Å². The number of benzene rings is 5. The van der Waals surface area contributed by atoms with Crippen molar-refractivity contribution < 1.29 is 23.9 Å². The molecule has 6 rings (SSSR count). The number of carbonyl (C=O) groups excluding carboxylic acids is 3. The number of rotatable bonds is 12. The molecule has 1 aliphatic rings. The molecule has 1 aliphatic heterocycles. The quantitative estimate of drug-likeness (QED) is 0.0491. The number of carbonyl (C=O) groups is 3. The van der Waals surface area contributed by atoms with Crippen LogP contribution in [-0.2, 0) is 30.5 Å². The number of likely N-dealkylation sites (tertiary alicyclic amines) is 1. The number of hydrogen-bond acceptors (Lipinski definition) is 6. The Morgan fingerprint density at radius 3 is 1.62 bits per heavy atom. The molecular formula is C42H38NO5PS. The van der Waals surface area contributed by atoms with Gasteiger partial charge in [0.25, 0.3) is 0 Å². The molecule has 1 fully saturated rings. The molecule has 5 aromatic rings. The van der Waals surface area contributed by atoms with Crippen molar-refractivity contribution in [1.82, 2.24) is 4.90 Å². The third-order valence-electron chi connectivity index (χ3n) is 8.99. The number of thiocarbonyl (C=S) groups is 1. The minimum absolute atomic E-state index is 0.0178. The zero-order chi connectivity index (χ0) is 35.1. The summed E-state index contributed by atoms with van der Waals surface area (Å²) in [6, 6.07) is 48.2. The van der Waals surface area contributed by atoms with Gasteiger partial charge in [-0.3, -0.25) is 9.59 Å². The average molecular weight is 700 g/mol. The summed E-state index contributed by atoms with van der Waals surface area (Å²) in [5.74, 6) is -2.14. The van der Waals surface area contributed by atoms with Gasteiger partial charge in [-0.15, -0.1) is 0 Å². The van der Waals surface area contributed by atoms with Gasteiger partial charge in [0.2, 0.25) is 5.91 Å². The van der Waals surface area contributed by atoms with E-state index in [1.165, 1.54) is 6.92 Å². The molecule has 0 aliphatic carbocycles. The van der Waals surface area contributed by atoms with E-state index in [2.05, 4.69) is 0 Å². The summed E-state index contributed by atoms with van der Waals surface area (Å²) < 4.78 is 11.8. The molecule has 1 heterocycles. The summed E-state index contributed by atoms with van der Waals surface area (Å²) in [7, 11) is 0. The molecule has 0 N–H and O–H groups in total. The largest absolute Gasteiger partial charge is 0.462 e. The molecule has 1 saturated heterocycles. The summed E-state index contributed by atoms with van der Waals surface area (Å²) in [5, 5.41) is 2.66. The lowest BCUT2D eigenvalue weighted by atomic mass is 9.80. The normalized spacial score (nSPS) is 16.1. The van der Waals surface area contributed by atoms with E-state index < -0.39 is 36.9 Å². The summed E-state index contributed by atoms with van der Waals surface area (Å²) in [6.07, 6.45) is -0.478. The van der Waals surface area contributed by atoms with Crippen LogP contribution in [0.3, 0.4) is 0 Å². The van der Waals surface area contributed by atoms with Gasteiger partial charge in [-0.05, 0) is 34.0 Å². The van der Waals surface area contributed by atoms with Crippen molar-refractivity contribution in [3.05, 3.63) is 163 Å². The van der Waals surface area contributed by atoms with Crippen molar-refractivity contribution in [1.29, 1.82) is 0 Å². The van der Waals surface area contributed by atoms with Crippen molar-refractivity contribution in [2.45, 2.75) is 39.0 Å². The van der Waals surface area contributed by atoms with Gasteiger partial charge in [0.15, 0.2) is 0 Å². The summed E-state index contributed by atoms with van der Waals surface area (Å²) in [4.78, 5) is 44.2. The van der Waals surface area contributed by atoms with E-state index >= 15 is 4.79 Å². The highest BCUT2D eigenvalue weighted by atomic mass is 32.1. The van der Waals surface area contributed by atoms with Crippen LogP contribution in [-0.4, -0.2) is 45.2 Å². The first kappa shape index (κ1) is 34.8. The van der Waals surface area contributed by atoms with Gasteiger partial charge >= 0.3 is 11.9 Å². The Bertz CT molecular complexity index is 1920. The first-order valence-corrected chi connectivity index (χ1v) is 18.7. The first-order valence-electron chi connectivity index (χ1n) is 16.6. The summed E-state index contributed by atoms with van der Waals surface area (Å²) in [5.41, 5.74) is 1.93. The SMILES string of the molecule is CC(=O)OC(C)C1C(=O)N(C(C(=O)OCc2ccccc2)=P(c2ccccc2)(c2ccccc2)c2ccccc2)C1CC(=S)c1ccccc1. The predicted octanol–water partition coefficient (Wildman–Crippen LogP) is 6.44. The molecule has 0 spiro atoms. The van der Waals surface area contributed by atoms with E-state index in [9.17, 15) is 9.59 Å². The molecule has 0 radical (unpaired) electrons. The molecule has 1 amide bonds. The highest BCUT2D eigenvalue weighted by molar-refractivity contribution is 7.96. The lowest BCUT2D eigenvalue weighted by Gasteiger charge is -2.51. The monoisotopic (exact) mass is 699 g/mol. The highest BCUT2D eigenvalue weighted by Gasteiger charge is 2.56. The third kappa shape index (κ3) is 6.98. The fourth-order valence-corrected chi connectivity index (χ4v) is 11.5. The lowest BCUT2D eigenvalue weighted by Crippen LogP contribution is -2.69. The number of hydrogen-bond donors (Lipinski definition) is 0. The Hall–Kier alpha value is -5.10. The topological polar surface area (TPSA) is 72.9 Å². The van der Waals surface area contributed by atoms with Gasteiger partial charge in [0.05, 0.1) is 12.0 Å². The van der Waals surface area contributed by atoms with Crippen LogP contribution < -0.4 is 15.9 Å². The summed E-state index contributed by atoms with van der Waals surface area (Å²) >= 11 is 5.99. The fourth-order valence-electron chi connectivity index (χ4n) is 6.78. The first-order chi connectivity index (χ1) is 24.3. The maximum absolute atomic E-state index is 15.1. The smallest absolute Gasteiger partial charge is 0.356 e. The van der Waals surface area contributed by atoms with Crippen LogP contribution in [0.2, 0.25) is 0 Å². The van der Waals surface area contributed by atoms with Gasteiger partial charge in [-0.1, -0.05) is 164 Å². The van der Waals surface area contributed by atoms with Gasteiger partial charge in [-0.25, -0.2) is 4.79 Å². The standard InChI is InChI=1S/C42H38NO5PS/c1-30(48-31(2)44)39-37(28-38(50)33-20-10-4-11-21-33)43(40(39)45)41(42(46)47-29-32-18-8-3-9-19-32)49(34-22-12-5-13-23-34,35-24-14-6-15-25-35)36-26-16-7-17-27-36/h3-27,30,37,39H,28-29H2,1-2H3. The van der Waals surface area contributed by atoms with Crippen LogP contribution in [0.1, 0.15) is 31.4 Å². The second-order valence-corrected chi connectivity index (χ2v) is 16.0. The van der Waals surface area contributed by atoms with E-state index in [1.807, 2.05) is 152 Å². The molecule has 0 saturated carbocycles. The third-order valence-corrected chi connectivity index (χ3v) is 13.6. The number of ether oxygens (including phenoxy) is 2. The molecule has 5 aromatic carbocycles. The van der Waals surface area contributed by atoms with Crippen molar-refractivity contribution in [3.8, 4) is 0 Å². The second kappa shape index (κ2) is 15.6. The molecule has 0 bridgehead atoms. The van der Waals surface area contributed by atoms with Crippen LogP contribution in [0.4, 0.5) is 0 Å². The molecular weight excluding hydrogens is 662 g/mol. The number of amides is 1. The minimum atomic E-state index is -3.14. The fraction of sp³-hybridized carbons (Fsp3) is 0.167. The zero-order valence-corrected chi connectivity index (χ0v) is 29.6. The Labute approximate surface area is 298 Å². The zero-order valence-electron chi connectivity index (χ0n) is 27.9. The van der Waals surface area contributed by atoms with E-state index in [4.69, 9.17) is 21.7 Å². The number of β-lactam (4-membered cyclic amide) rings is 1. The van der Waals surface area contributed by atoms with Crippen LogP contribution in [0, 0.1) is 5.92 Å². The summed E-state index contributed by atoms with van der Waals surface area (Å²) in [6.45, 7) is -0.0695. The highest BCUT2D eigenvalue weighted by Crippen LogP contribution is 2.50. The number of esters is 2. The molecule has 6 nitrogen and oxygen atoms in total. The van der Waals surface area contributed by atoms with Crippen molar-refractivity contribution in [3.63, 3.8) is 0 Å². The van der Waals surface area contributed by atoms with Gasteiger partial charge < -0.3 is 14.4 Å². The second-order valence-electron chi connectivity index (χ2n) is 12.2. The average Bonchev–Trinajstić information content (AvgIpc) is 3.15. The van der Waals surface area contributed by atoms with Gasteiger partial charge in [0.1, 0.15) is 18.1 Å². The predicted molar refractivity (Wildman–Crippen MR) is 205 cm³/mol. The van der Waals surface area contributed by atoms with Crippen molar-refractivity contribution >= 4 is 63.1 Å². The number of nitrogens with zero attached hydrogens (tertiary/aromatic N) is 1. The Morgan fingerprint density at radius 2 is 1.16 bits per heavy atom. The molecule has 3 atom stereocenters. The Balaban J connectivity index is 1.65. The maximum atomic E-state index is 15.1. The Kier molecular flexibility index (Phi) is 10.9. The Morgan fingerprint density at radius 1 is 0.720 bits per heavy atom.